The Hall–Kier alpha value is -2.20. The number of rotatable bonds is 2. The molecular formula is C15H13N3S. The summed E-state index contributed by atoms with van der Waals surface area (Å²) in [5, 5.41) is 4.04. The summed E-state index contributed by atoms with van der Waals surface area (Å²) >= 11 is 1.63. The number of hydrogen-bond donors (Lipinski definition) is 1. The summed E-state index contributed by atoms with van der Waals surface area (Å²) in [6.45, 7) is 1.95. The third-order valence-corrected chi connectivity index (χ3v) is 3.69. The Morgan fingerprint density at radius 3 is 2.47 bits per heavy atom. The van der Waals surface area contributed by atoms with Crippen LogP contribution in [0.1, 0.15) is 5.56 Å². The maximum Gasteiger partial charge on any atom is 0.162 e. The molecule has 3 aromatic rings. The summed E-state index contributed by atoms with van der Waals surface area (Å²) < 4.78 is 0. The lowest BCUT2D eigenvalue weighted by Crippen LogP contribution is -2.01. The van der Waals surface area contributed by atoms with Crippen LogP contribution < -0.4 is 5.73 Å². The second kappa shape index (κ2) is 4.82. The number of anilines is 1. The van der Waals surface area contributed by atoms with Crippen LogP contribution in [0.15, 0.2) is 47.2 Å². The van der Waals surface area contributed by atoms with Gasteiger partial charge in [0, 0.05) is 22.1 Å². The highest BCUT2D eigenvalue weighted by Gasteiger charge is 2.11. The number of nitrogens with zero attached hydrogens (tertiary/aromatic N) is 2. The van der Waals surface area contributed by atoms with Gasteiger partial charge < -0.3 is 5.73 Å². The Labute approximate surface area is 115 Å². The van der Waals surface area contributed by atoms with Crippen molar-refractivity contribution < 1.29 is 0 Å². The van der Waals surface area contributed by atoms with E-state index in [1.54, 1.807) is 11.3 Å². The van der Waals surface area contributed by atoms with Crippen molar-refractivity contribution in [3.8, 4) is 22.6 Å². The molecule has 0 spiro atoms. The molecule has 0 saturated carbocycles. The van der Waals surface area contributed by atoms with Crippen LogP contribution in [0.4, 0.5) is 5.82 Å². The molecule has 3 rings (SSSR count). The molecule has 0 bridgehead atoms. The van der Waals surface area contributed by atoms with Gasteiger partial charge in [0.2, 0.25) is 0 Å². The molecule has 19 heavy (non-hydrogen) atoms. The Kier molecular flexibility index (Phi) is 3.01. The molecule has 0 aliphatic heterocycles. The number of aromatic nitrogens is 2. The van der Waals surface area contributed by atoms with Crippen LogP contribution in [-0.2, 0) is 0 Å². The zero-order valence-electron chi connectivity index (χ0n) is 10.5. The van der Waals surface area contributed by atoms with E-state index in [2.05, 4.69) is 9.97 Å². The van der Waals surface area contributed by atoms with Gasteiger partial charge in [0.25, 0.3) is 0 Å². The lowest BCUT2D eigenvalue weighted by Gasteiger charge is -2.09. The minimum absolute atomic E-state index is 0.537. The fourth-order valence-electron chi connectivity index (χ4n) is 1.93. The molecule has 0 atom stereocenters. The van der Waals surface area contributed by atoms with E-state index in [-0.39, 0.29) is 0 Å². The van der Waals surface area contributed by atoms with E-state index < -0.39 is 0 Å². The van der Waals surface area contributed by atoms with E-state index in [0.29, 0.717) is 11.6 Å². The summed E-state index contributed by atoms with van der Waals surface area (Å²) in [6.07, 6.45) is 0. The number of hydrogen-bond acceptors (Lipinski definition) is 4. The summed E-state index contributed by atoms with van der Waals surface area (Å²) in [5.74, 6) is 1.22. The quantitative estimate of drug-likeness (QED) is 0.769. The molecule has 0 saturated heterocycles. The largest absolute Gasteiger partial charge is 0.383 e. The highest BCUT2D eigenvalue weighted by molar-refractivity contribution is 7.08. The second-order valence-corrected chi connectivity index (χ2v) is 5.06. The van der Waals surface area contributed by atoms with Crippen molar-refractivity contribution in [3.63, 3.8) is 0 Å². The van der Waals surface area contributed by atoms with E-state index >= 15 is 0 Å². The normalized spacial score (nSPS) is 10.6. The molecule has 4 heteroatoms. The highest BCUT2D eigenvalue weighted by atomic mass is 32.1. The molecule has 3 nitrogen and oxygen atoms in total. The van der Waals surface area contributed by atoms with Crippen LogP contribution in [0.2, 0.25) is 0 Å². The first-order valence-electron chi connectivity index (χ1n) is 5.98. The third-order valence-electron chi connectivity index (χ3n) is 3.01. The van der Waals surface area contributed by atoms with E-state index in [1.807, 2.05) is 54.1 Å². The van der Waals surface area contributed by atoms with Gasteiger partial charge >= 0.3 is 0 Å². The molecule has 0 amide bonds. The Morgan fingerprint density at radius 2 is 1.79 bits per heavy atom. The first-order chi connectivity index (χ1) is 9.25. The smallest absolute Gasteiger partial charge is 0.162 e. The fourth-order valence-corrected chi connectivity index (χ4v) is 2.57. The lowest BCUT2D eigenvalue weighted by atomic mass is 10.1. The van der Waals surface area contributed by atoms with Gasteiger partial charge in [0.15, 0.2) is 5.82 Å². The highest BCUT2D eigenvalue weighted by Crippen LogP contribution is 2.28. The maximum absolute atomic E-state index is 6.02. The number of nitrogen functional groups attached to an aromatic ring is 1. The van der Waals surface area contributed by atoms with Crippen LogP contribution in [0.5, 0.6) is 0 Å². The van der Waals surface area contributed by atoms with Crippen molar-refractivity contribution in [2.45, 2.75) is 6.92 Å². The van der Waals surface area contributed by atoms with Crippen molar-refractivity contribution in [1.82, 2.24) is 9.97 Å². The topological polar surface area (TPSA) is 51.8 Å². The molecule has 2 heterocycles. The predicted octanol–water partition coefficient (Wildman–Crippen LogP) is 3.76. The van der Waals surface area contributed by atoms with Crippen molar-refractivity contribution in [3.05, 3.63) is 52.7 Å². The van der Waals surface area contributed by atoms with Gasteiger partial charge in [-0.1, -0.05) is 30.3 Å². The first kappa shape index (κ1) is 11.9. The van der Waals surface area contributed by atoms with Gasteiger partial charge in [-0.05, 0) is 18.4 Å². The van der Waals surface area contributed by atoms with Crippen LogP contribution >= 0.6 is 11.3 Å². The van der Waals surface area contributed by atoms with E-state index in [1.165, 1.54) is 0 Å². The van der Waals surface area contributed by atoms with Crippen LogP contribution in [0, 0.1) is 6.92 Å². The molecule has 0 unspecified atom stereocenters. The zero-order valence-corrected chi connectivity index (χ0v) is 11.3. The molecule has 0 aliphatic carbocycles. The van der Waals surface area contributed by atoms with Crippen LogP contribution in [-0.4, -0.2) is 9.97 Å². The molecule has 2 N–H and O–H groups in total. The van der Waals surface area contributed by atoms with Crippen LogP contribution in [0.25, 0.3) is 22.6 Å². The minimum Gasteiger partial charge on any atom is -0.383 e. The lowest BCUT2D eigenvalue weighted by molar-refractivity contribution is 1.15. The fraction of sp³-hybridized carbons (Fsp3) is 0.0667. The van der Waals surface area contributed by atoms with Crippen LogP contribution in [0.3, 0.4) is 0 Å². The summed E-state index contributed by atoms with van der Waals surface area (Å²) in [7, 11) is 0. The summed E-state index contributed by atoms with van der Waals surface area (Å²) in [6, 6.07) is 12.1. The second-order valence-electron chi connectivity index (χ2n) is 4.28. The predicted molar refractivity (Wildman–Crippen MR) is 79.9 cm³/mol. The average molecular weight is 267 g/mol. The van der Waals surface area contributed by atoms with Gasteiger partial charge in [-0.2, -0.15) is 11.3 Å². The molecule has 0 aliphatic rings. The van der Waals surface area contributed by atoms with Crippen molar-refractivity contribution >= 4 is 17.2 Å². The van der Waals surface area contributed by atoms with E-state index in [0.717, 1.165) is 22.4 Å². The SMILES string of the molecule is Cc1c(N)nc(-c2ccsc2)nc1-c1ccccc1. The number of thiophene rings is 1. The third kappa shape index (κ3) is 2.22. The minimum atomic E-state index is 0.537. The van der Waals surface area contributed by atoms with Gasteiger partial charge in [-0.15, -0.1) is 0 Å². The van der Waals surface area contributed by atoms with E-state index in [9.17, 15) is 0 Å². The van der Waals surface area contributed by atoms with Crippen molar-refractivity contribution in [2.24, 2.45) is 0 Å². The zero-order chi connectivity index (χ0) is 13.2. The van der Waals surface area contributed by atoms with E-state index in [4.69, 9.17) is 5.73 Å². The molecular weight excluding hydrogens is 254 g/mol. The molecule has 94 valence electrons. The van der Waals surface area contributed by atoms with Gasteiger partial charge in [0.1, 0.15) is 5.82 Å². The first-order valence-corrected chi connectivity index (χ1v) is 6.92. The van der Waals surface area contributed by atoms with Gasteiger partial charge in [-0.3, -0.25) is 0 Å². The Bertz CT molecular complexity index is 691. The molecule has 2 aromatic heterocycles. The van der Waals surface area contributed by atoms with Crippen molar-refractivity contribution in [2.75, 3.05) is 5.73 Å². The summed E-state index contributed by atoms with van der Waals surface area (Å²) in [5.41, 5.74) is 9.91. The Balaban J connectivity index is 2.20. The number of nitrogens with two attached hydrogens (primary N) is 1. The molecule has 0 radical (unpaired) electrons. The summed E-state index contributed by atoms with van der Waals surface area (Å²) in [4.78, 5) is 9.04. The molecule has 1 aromatic carbocycles. The maximum atomic E-state index is 6.02. The number of benzene rings is 1. The van der Waals surface area contributed by atoms with Gasteiger partial charge in [0.05, 0.1) is 5.69 Å². The van der Waals surface area contributed by atoms with Gasteiger partial charge in [-0.25, -0.2) is 9.97 Å². The average Bonchev–Trinajstić information content (AvgIpc) is 2.97. The molecule has 0 fully saturated rings. The van der Waals surface area contributed by atoms with Crippen molar-refractivity contribution in [1.29, 1.82) is 0 Å². The Morgan fingerprint density at radius 1 is 1.00 bits per heavy atom. The standard InChI is InChI=1S/C15H13N3S/c1-10-13(11-5-3-2-4-6-11)17-15(18-14(10)16)12-7-8-19-9-12/h2-9H,1H3,(H2,16,17,18). The monoisotopic (exact) mass is 267 g/mol.